The van der Waals surface area contributed by atoms with Crippen LogP contribution in [0.15, 0.2) is 97.3 Å². The molecule has 7 rings (SSSR count). The Balaban J connectivity index is 1.07. The van der Waals surface area contributed by atoms with E-state index in [9.17, 15) is 0 Å². The van der Waals surface area contributed by atoms with E-state index in [4.69, 9.17) is 24.7 Å². The van der Waals surface area contributed by atoms with Crippen molar-refractivity contribution in [1.82, 2.24) is 25.3 Å². The number of hydrogen-bond donors (Lipinski definition) is 1. The Morgan fingerprint density at radius 2 is 1.40 bits per heavy atom. The number of anilines is 3. The van der Waals surface area contributed by atoms with E-state index in [1.165, 1.54) is 16.7 Å². The number of morpholine rings is 1. The fraction of sp³-hybridized carbons (Fsp3) is 0.368. The highest BCUT2D eigenvalue weighted by molar-refractivity contribution is 5.94. The van der Waals surface area contributed by atoms with Gasteiger partial charge in [0.15, 0.2) is 11.6 Å². The van der Waals surface area contributed by atoms with Crippen LogP contribution < -0.4 is 20.0 Å². The molecule has 5 aromatic rings. The minimum atomic E-state index is 0.380. The lowest BCUT2D eigenvalue weighted by Crippen LogP contribution is -2.43. The molecule has 0 bridgehead atoms. The van der Waals surface area contributed by atoms with Gasteiger partial charge in [-0.15, -0.1) is 0 Å². The van der Waals surface area contributed by atoms with Crippen LogP contribution in [-0.4, -0.2) is 79.0 Å². The standard InChI is InChI=1S/C38H44N8O/c1-44(27-29-11-5-2-6-12-29)37-34-35(36(41-28-40-34)45-23-25-47-26-24-45)42-38(43-37)46-21-18-32(19-22-46)39-20-17-33(30-13-7-3-8-14-30)31-15-9-4-10-16-31/h2-16,28,32-33,39H,17-27H2,1H3. The predicted octanol–water partition coefficient (Wildman–Crippen LogP) is 5.67. The van der Waals surface area contributed by atoms with Crippen LogP contribution in [-0.2, 0) is 11.3 Å². The first-order valence-electron chi connectivity index (χ1n) is 16.9. The van der Waals surface area contributed by atoms with Gasteiger partial charge in [-0.1, -0.05) is 91.0 Å². The zero-order valence-corrected chi connectivity index (χ0v) is 27.2. The Morgan fingerprint density at radius 3 is 2.06 bits per heavy atom. The van der Waals surface area contributed by atoms with Crippen molar-refractivity contribution < 1.29 is 4.74 Å². The first kappa shape index (κ1) is 31.0. The molecule has 2 aromatic heterocycles. The average Bonchev–Trinajstić information content (AvgIpc) is 3.14. The molecule has 3 aromatic carbocycles. The third kappa shape index (κ3) is 7.37. The van der Waals surface area contributed by atoms with E-state index in [1.807, 2.05) is 6.07 Å². The quantitative estimate of drug-likeness (QED) is 0.199. The molecule has 0 spiro atoms. The molecule has 0 aliphatic carbocycles. The van der Waals surface area contributed by atoms with Crippen molar-refractivity contribution in [3.05, 3.63) is 114 Å². The number of fused-ring (bicyclic) bond motifs is 1. The van der Waals surface area contributed by atoms with Crippen LogP contribution in [0.3, 0.4) is 0 Å². The summed E-state index contributed by atoms with van der Waals surface area (Å²) in [6.07, 6.45) is 4.79. The summed E-state index contributed by atoms with van der Waals surface area (Å²) >= 11 is 0. The fourth-order valence-electron chi connectivity index (χ4n) is 6.87. The number of piperidine rings is 1. The molecular formula is C38H44N8O. The first-order chi connectivity index (χ1) is 23.2. The van der Waals surface area contributed by atoms with Crippen molar-refractivity contribution >= 4 is 28.6 Å². The van der Waals surface area contributed by atoms with E-state index < -0.39 is 0 Å². The predicted molar refractivity (Wildman–Crippen MR) is 189 cm³/mol. The van der Waals surface area contributed by atoms with Crippen molar-refractivity contribution in [2.45, 2.75) is 37.8 Å². The summed E-state index contributed by atoms with van der Waals surface area (Å²) in [7, 11) is 2.09. The van der Waals surface area contributed by atoms with Crippen molar-refractivity contribution in [3.8, 4) is 0 Å². The third-order valence-electron chi connectivity index (χ3n) is 9.41. The van der Waals surface area contributed by atoms with Gasteiger partial charge in [0.05, 0.1) is 13.2 Å². The minimum absolute atomic E-state index is 0.380. The largest absolute Gasteiger partial charge is 0.378 e. The summed E-state index contributed by atoms with van der Waals surface area (Å²) < 4.78 is 5.64. The SMILES string of the molecule is CN(Cc1ccccc1)c1nc(N2CCC(NCCC(c3ccccc3)c3ccccc3)CC2)nc2c(N3CCOCC3)ncnc12. The van der Waals surface area contributed by atoms with Gasteiger partial charge in [0, 0.05) is 51.7 Å². The lowest BCUT2D eigenvalue weighted by Gasteiger charge is -2.34. The smallest absolute Gasteiger partial charge is 0.228 e. The number of benzene rings is 3. The molecule has 0 atom stereocenters. The van der Waals surface area contributed by atoms with E-state index >= 15 is 0 Å². The fourth-order valence-corrected chi connectivity index (χ4v) is 6.87. The molecule has 0 unspecified atom stereocenters. The molecular weight excluding hydrogens is 584 g/mol. The van der Waals surface area contributed by atoms with E-state index in [-0.39, 0.29) is 0 Å². The Hall–Kier alpha value is -4.60. The Kier molecular flexibility index (Phi) is 9.82. The maximum atomic E-state index is 5.64. The van der Waals surface area contributed by atoms with Gasteiger partial charge in [-0.25, -0.2) is 15.0 Å². The molecule has 0 saturated carbocycles. The van der Waals surface area contributed by atoms with E-state index in [1.54, 1.807) is 6.33 Å². The summed E-state index contributed by atoms with van der Waals surface area (Å²) in [6, 6.07) is 32.7. The summed E-state index contributed by atoms with van der Waals surface area (Å²) in [4.78, 5) is 26.6. The van der Waals surface area contributed by atoms with Crippen LogP contribution in [0.4, 0.5) is 17.6 Å². The molecule has 9 nitrogen and oxygen atoms in total. The topological polar surface area (TPSA) is 82.5 Å². The highest BCUT2D eigenvalue weighted by atomic mass is 16.5. The molecule has 242 valence electrons. The van der Waals surface area contributed by atoms with Gasteiger partial charge in [-0.3, -0.25) is 0 Å². The minimum Gasteiger partial charge on any atom is -0.378 e. The Bertz CT molecular complexity index is 1670. The molecule has 47 heavy (non-hydrogen) atoms. The number of ether oxygens (including phenoxy) is 1. The van der Waals surface area contributed by atoms with Crippen LogP contribution in [0.25, 0.3) is 11.0 Å². The Labute approximate surface area is 277 Å². The van der Waals surface area contributed by atoms with E-state index in [0.717, 1.165) is 87.1 Å². The molecule has 9 heteroatoms. The monoisotopic (exact) mass is 628 g/mol. The number of aromatic nitrogens is 4. The maximum absolute atomic E-state index is 5.64. The van der Waals surface area contributed by atoms with Crippen LogP contribution in [0.2, 0.25) is 0 Å². The second-order valence-corrected chi connectivity index (χ2v) is 12.6. The summed E-state index contributed by atoms with van der Waals surface area (Å²) in [5.41, 5.74) is 5.56. The number of hydrogen-bond acceptors (Lipinski definition) is 9. The zero-order chi connectivity index (χ0) is 31.8. The van der Waals surface area contributed by atoms with Crippen molar-refractivity contribution in [1.29, 1.82) is 0 Å². The number of nitrogens with one attached hydrogen (secondary N) is 1. The van der Waals surface area contributed by atoms with Gasteiger partial charge in [0.1, 0.15) is 17.4 Å². The second kappa shape index (κ2) is 14.9. The summed E-state index contributed by atoms with van der Waals surface area (Å²) in [5.74, 6) is 2.83. The third-order valence-corrected chi connectivity index (χ3v) is 9.41. The van der Waals surface area contributed by atoms with Crippen LogP contribution in [0.1, 0.15) is 41.9 Å². The zero-order valence-electron chi connectivity index (χ0n) is 27.2. The number of nitrogens with zero attached hydrogens (tertiary/aromatic N) is 7. The molecule has 2 aliphatic heterocycles. The number of rotatable bonds is 11. The van der Waals surface area contributed by atoms with Gasteiger partial charge in [-0.05, 0) is 42.5 Å². The van der Waals surface area contributed by atoms with Gasteiger partial charge in [0.2, 0.25) is 5.95 Å². The van der Waals surface area contributed by atoms with E-state index in [0.29, 0.717) is 25.2 Å². The van der Waals surface area contributed by atoms with Crippen molar-refractivity contribution in [3.63, 3.8) is 0 Å². The Morgan fingerprint density at radius 1 is 0.766 bits per heavy atom. The molecule has 4 heterocycles. The van der Waals surface area contributed by atoms with Gasteiger partial charge < -0.3 is 24.8 Å². The molecule has 2 saturated heterocycles. The molecule has 0 amide bonds. The van der Waals surface area contributed by atoms with Crippen LogP contribution in [0, 0.1) is 0 Å². The van der Waals surface area contributed by atoms with Crippen molar-refractivity contribution in [2.75, 3.05) is 67.7 Å². The van der Waals surface area contributed by atoms with Crippen LogP contribution >= 0.6 is 0 Å². The molecule has 2 fully saturated rings. The average molecular weight is 629 g/mol. The first-order valence-corrected chi connectivity index (χ1v) is 16.9. The van der Waals surface area contributed by atoms with Crippen molar-refractivity contribution in [2.24, 2.45) is 0 Å². The maximum Gasteiger partial charge on any atom is 0.228 e. The molecule has 0 radical (unpaired) electrons. The highest BCUT2D eigenvalue weighted by Crippen LogP contribution is 2.32. The summed E-state index contributed by atoms with van der Waals surface area (Å²) in [6.45, 7) is 6.42. The van der Waals surface area contributed by atoms with Gasteiger partial charge >= 0.3 is 0 Å². The second-order valence-electron chi connectivity index (χ2n) is 12.6. The van der Waals surface area contributed by atoms with E-state index in [2.05, 4.69) is 112 Å². The normalized spacial score (nSPS) is 15.8. The highest BCUT2D eigenvalue weighted by Gasteiger charge is 2.26. The lowest BCUT2D eigenvalue weighted by atomic mass is 9.88. The van der Waals surface area contributed by atoms with Gasteiger partial charge in [-0.2, -0.15) is 4.98 Å². The molecule has 2 aliphatic rings. The molecule has 1 N–H and O–H groups in total. The lowest BCUT2D eigenvalue weighted by molar-refractivity contribution is 0.122. The van der Waals surface area contributed by atoms with Gasteiger partial charge in [0.25, 0.3) is 0 Å². The summed E-state index contributed by atoms with van der Waals surface area (Å²) in [5, 5.41) is 3.89. The van der Waals surface area contributed by atoms with Crippen LogP contribution in [0.5, 0.6) is 0 Å².